The number of aryl methyl sites for hydroxylation is 1. The minimum absolute atomic E-state index is 0.0775. The normalized spacial score (nSPS) is 23.5. The van der Waals surface area contributed by atoms with E-state index in [-0.39, 0.29) is 17.1 Å². The third kappa shape index (κ3) is 7.90. The highest BCUT2D eigenvalue weighted by atomic mass is 32.1. The second kappa shape index (κ2) is 11.6. The smallest absolute Gasteiger partial charge is 0.278 e. The lowest BCUT2D eigenvalue weighted by Gasteiger charge is -2.31. The molecule has 2 aromatic heterocycles. The highest BCUT2D eigenvalue weighted by Gasteiger charge is 2.29. The molecule has 1 amide bonds. The van der Waals surface area contributed by atoms with Crippen molar-refractivity contribution < 1.29 is 23.4 Å². The topological polar surface area (TPSA) is 87.6 Å². The summed E-state index contributed by atoms with van der Waals surface area (Å²) in [6.07, 6.45) is 7.44. The maximum atomic E-state index is 13.1. The Hall–Kier alpha value is -1.69. The second-order valence-electron chi connectivity index (χ2n) is 9.81. The number of aliphatic hydroxyl groups excluding tert-OH is 1. The van der Waals surface area contributed by atoms with Crippen LogP contribution in [0.25, 0.3) is 0 Å². The van der Waals surface area contributed by atoms with Crippen LogP contribution in [0, 0.1) is 12.8 Å². The minimum atomic E-state index is -2.91. The van der Waals surface area contributed by atoms with Crippen LogP contribution in [-0.2, 0) is 17.6 Å². The lowest BCUT2D eigenvalue weighted by Crippen LogP contribution is -2.39. The summed E-state index contributed by atoms with van der Waals surface area (Å²) in [6, 6.07) is 0.249. The SMILES string of the molecule is Cc1ncc(CC(=O)NC2CCC(CCN3CCc4sc(OCC(C)(F)F)nc4C(O)C3)CC2)s1. The number of carbonyl (C=O) groups excluding carboxylic acids is 1. The van der Waals surface area contributed by atoms with Crippen molar-refractivity contribution in [2.24, 2.45) is 5.92 Å². The molecule has 194 valence electrons. The predicted octanol–water partition coefficient (Wildman–Crippen LogP) is 4.14. The monoisotopic (exact) mass is 528 g/mol. The Labute approximate surface area is 212 Å². The molecule has 2 N–H and O–H groups in total. The van der Waals surface area contributed by atoms with Crippen molar-refractivity contribution in [3.8, 4) is 5.19 Å². The van der Waals surface area contributed by atoms with Crippen LogP contribution >= 0.6 is 22.7 Å². The van der Waals surface area contributed by atoms with E-state index in [0.29, 0.717) is 24.6 Å². The highest BCUT2D eigenvalue weighted by Crippen LogP contribution is 2.34. The molecule has 0 aromatic carbocycles. The van der Waals surface area contributed by atoms with Gasteiger partial charge in [-0.2, -0.15) is 0 Å². The molecule has 0 saturated heterocycles. The Balaban J connectivity index is 1.16. The Morgan fingerprint density at radius 3 is 2.77 bits per heavy atom. The molecule has 1 unspecified atom stereocenters. The van der Waals surface area contributed by atoms with Crippen molar-refractivity contribution in [1.82, 2.24) is 20.2 Å². The number of β-amino-alcohol motifs (C(OH)–C–C–N with tert-alkyl or cyclic N) is 1. The lowest BCUT2D eigenvalue weighted by atomic mass is 9.84. The number of alkyl halides is 2. The molecule has 1 aliphatic heterocycles. The van der Waals surface area contributed by atoms with Gasteiger partial charge in [0.1, 0.15) is 6.10 Å². The molecule has 2 aromatic rings. The number of ether oxygens (including phenoxy) is 1. The molecule has 1 saturated carbocycles. The second-order valence-corrected chi connectivity index (χ2v) is 12.2. The first kappa shape index (κ1) is 26.4. The predicted molar refractivity (Wildman–Crippen MR) is 132 cm³/mol. The van der Waals surface area contributed by atoms with Gasteiger partial charge in [0.2, 0.25) is 5.91 Å². The number of carbonyl (C=O) groups is 1. The fourth-order valence-corrected chi connectivity index (χ4v) is 6.55. The number of aliphatic hydroxyl groups is 1. The lowest BCUT2D eigenvalue weighted by molar-refractivity contribution is -0.121. The molecule has 2 aliphatic rings. The molecule has 0 spiro atoms. The summed E-state index contributed by atoms with van der Waals surface area (Å²) in [4.78, 5) is 25.0. The van der Waals surface area contributed by atoms with Gasteiger partial charge in [0, 0.05) is 42.0 Å². The first-order valence-electron chi connectivity index (χ1n) is 12.3. The fraction of sp³-hybridized carbons (Fsp3) is 0.708. The Bertz CT molecular complexity index is 986. The molecule has 4 rings (SSSR count). The first-order valence-corrected chi connectivity index (χ1v) is 13.9. The summed E-state index contributed by atoms with van der Waals surface area (Å²) >= 11 is 2.83. The maximum Gasteiger partial charge on any atom is 0.278 e. The maximum absolute atomic E-state index is 13.1. The number of thiazole rings is 2. The van der Waals surface area contributed by atoms with E-state index < -0.39 is 18.6 Å². The minimum Gasteiger partial charge on any atom is -0.464 e. The zero-order chi connectivity index (χ0) is 25.0. The zero-order valence-electron chi connectivity index (χ0n) is 20.3. The summed E-state index contributed by atoms with van der Waals surface area (Å²) < 4.78 is 31.2. The van der Waals surface area contributed by atoms with E-state index in [1.54, 1.807) is 17.5 Å². The fourth-order valence-electron chi connectivity index (χ4n) is 4.80. The van der Waals surface area contributed by atoms with E-state index in [0.717, 1.165) is 73.3 Å². The molecular weight excluding hydrogens is 494 g/mol. The standard InChI is InChI=1S/C24H34F2N4O3S2/c1-15-27-12-18(34-15)11-21(32)28-17-5-3-16(4-6-17)7-9-30-10-8-20-22(19(31)13-30)29-23(35-20)33-14-24(2,25)26/h12,16-17,19,31H,3-11,13-14H2,1-2H3,(H,28,32). The Morgan fingerprint density at radius 1 is 1.31 bits per heavy atom. The van der Waals surface area contributed by atoms with Crippen molar-refractivity contribution in [1.29, 1.82) is 0 Å². The number of amides is 1. The molecule has 1 fully saturated rings. The van der Waals surface area contributed by atoms with Crippen molar-refractivity contribution in [2.45, 2.75) is 76.9 Å². The van der Waals surface area contributed by atoms with Crippen molar-refractivity contribution in [3.05, 3.63) is 26.7 Å². The molecule has 0 radical (unpaired) electrons. The van der Waals surface area contributed by atoms with Crippen LogP contribution in [-0.4, -0.2) is 64.1 Å². The van der Waals surface area contributed by atoms with Gasteiger partial charge in [-0.05, 0) is 57.9 Å². The van der Waals surface area contributed by atoms with Crippen LogP contribution in [0.4, 0.5) is 8.78 Å². The van der Waals surface area contributed by atoms with Gasteiger partial charge in [0.05, 0.1) is 17.1 Å². The average molecular weight is 529 g/mol. The summed E-state index contributed by atoms with van der Waals surface area (Å²) in [5.74, 6) is -2.21. The van der Waals surface area contributed by atoms with Crippen LogP contribution in [0.5, 0.6) is 5.19 Å². The summed E-state index contributed by atoms with van der Waals surface area (Å²) in [5, 5.41) is 15.0. The highest BCUT2D eigenvalue weighted by molar-refractivity contribution is 7.13. The van der Waals surface area contributed by atoms with Gasteiger partial charge >= 0.3 is 0 Å². The molecule has 11 heteroatoms. The van der Waals surface area contributed by atoms with Crippen LogP contribution in [0.15, 0.2) is 6.20 Å². The molecule has 1 aliphatic carbocycles. The van der Waals surface area contributed by atoms with E-state index in [9.17, 15) is 18.7 Å². The number of rotatable bonds is 9. The largest absolute Gasteiger partial charge is 0.464 e. The van der Waals surface area contributed by atoms with E-state index in [4.69, 9.17) is 4.74 Å². The van der Waals surface area contributed by atoms with Gasteiger partial charge < -0.3 is 15.2 Å². The van der Waals surface area contributed by atoms with Gasteiger partial charge in [-0.15, -0.1) is 11.3 Å². The van der Waals surface area contributed by atoms with Gasteiger partial charge in [0.25, 0.3) is 11.1 Å². The molecule has 35 heavy (non-hydrogen) atoms. The van der Waals surface area contributed by atoms with Crippen LogP contribution in [0.2, 0.25) is 0 Å². The van der Waals surface area contributed by atoms with Crippen molar-refractivity contribution in [2.75, 3.05) is 26.2 Å². The van der Waals surface area contributed by atoms with Crippen LogP contribution < -0.4 is 10.1 Å². The van der Waals surface area contributed by atoms with E-state index in [1.165, 1.54) is 11.3 Å². The quantitative estimate of drug-likeness (QED) is 0.509. The van der Waals surface area contributed by atoms with Gasteiger partial charge in [-0.3, -0.25) is 9.69 Å². The Morgan fingerprint density at radius 2 is 2.09 bits per heavy atom. The van der Waals surface area contributed by atoms with Crippen molar-refractivity contribution in [3.63, 3.8) is 0 Å². The molecule has 1 atom stereocenters. The zero-order valence-corrected chi connectivity index (χ0v) is 21.9. The van der Waals surface area contributed by atoms with Gasteiger partial charge in [0.15, 0.2) is 6.61 Å². The van der Waals surface area contributed by atoms with Crippen molar-refractivity contribution >= 4 is 28.6 Å². The first-order chi connectivity index (χ1) is 16.6. The molecule has 3 heterocycles. The number of halogens is 2. The van der Waals surface area contributed by atoms with Gasteiger partial charge in [-0.25, -0.2) is 18.7 Å². The summed E-state index contributed by atoms with van der Waals surface area (Å²) in [5.41, 5.74) is 0.566. The third-order valence-electron chi connectivity index (χ3n) is 6.63. The molecular formula is C24H34F2N4O3S2. The molecule has 7 nitrogen and oxygen atoms in total. The van der Waals surface area contributed by atoms with Gasteiger partial charge in [-0.1, -0.05) is 11.3 Å². The molecule has 0 bridgehead atoms. The van der Waals surface area contributed by atoms with E-state index in [1.807, 2.05) is 6.92 Å². The number of fused-ring (bicyclic) bond motifs is 1. The summed E-state index contributed by atoms with van der Waals surface area (Å²) in [7, 11) is 0. The average Bonchev–Trinajstić information content (AvgIpc) is 3.36. The third-order valence-corrected chi connectivity index (χ3v) is 8.58. The summed E-state index contributed by atoms with van der Waals surface area (Å²) in [6.45, 7) is 4.25. The Kier molecular flexibility index (Phi) is 8.72. The van der Waals surface area contributed by atoms with Crippen LogP contribution in [0.1, 0.15) is 65.6 Å². The van der Waals surface area contributed by atoms with E-state index >= 15 is 0 Å². The number of hydrogen-bond acceptors (Lipinski definition) is 8. The number of hydrogen-bond donors (Lipinski definition) is 2. The number of nitrogens with one attached hydrogen (secondary N) is 1. The number of nitrogens with zero attached hydrogens (tertiary/aromatic N) is 3. The number of aromatic nitrogens is 2. The van der Waals surface area contributed by atoms with E-state index in [2.05, 4.69) is 20.2 Å². The van der Waals surface area contributed by atoms with Crippen LogP contribution in [0.3, 0.4) is 0 Å².